The van der Waals surface area contributed by atoms with Crippen LogP contribution in [0, 0.1) is 20.0 Å². The van der Waals surface area contributed by atoms with Crippen molar-refractivity contribution in [2.75, 3.05) is 0 Å². The molecule has 14 aromatic rings. The number of para-hydroxylation sites is 1. The van der Waals surface area contributed by atoms with Gasteiger partial charge >= 0.3 is 0 Å². The highest BCUT2D eigenvalue weighted by molar-refractivity contribution is 6.10. The van der Waals surface area contributed by atoms with Crippen molar-refractivity contribution >= 4 is 32.8 Å². The maximum absolute atomic E-state index is 10.4. The molecule has 11 aromatic carbocycles. The van der Waals surface area contributed by atoms with Crippen LogP contribution in [-0.2, 0) is 10.8 Å². The Hall–Kier alpha value is -10.4. The molecule has 1 aliphatic rings. The predicted octanol–water partition coefficient (Wildman–Crippen LogP) is 21.2. The van der Waals surface area contributed by atoms with E-state index in [0.29, 0.717) is 67.6 Å². The van der Waals surface area contributed by atoms with E-state index in [2.05, 4.69) is 43.8 Å². The molecule has 0 saturated heterocycles. The van der Waals surface area contributed by atoms with Gasteiger partial charge in [-0.1, -0.05) is 211 Å². The van der Waals surface area contributed by atoms with Crippen LogP contribution < -0.4 is 9.30 Å². The summed E-state index contributed by atoms with van der Waals surface area (Å²) < 4.78 is 188. The van der Waals surface area contributed by atoms with Crippen molar-refractivity contribution in [3.63, 3.8) is 0 Å². The summed E-state index contributed by atoms with van der Waals surface area (Å²) in [5.74, 6) is 1.51. The lowest BCUT2D eigenvalue weighted by atomic mass is 9.80. The number of fused-ring (bicyclic) bond motifs is 10. The summed E-state index contributed by atoms with van der Waals surface area (Å²) in [5, 5.41) is 1.95. The van der Waals surface area contributed by atoms with Crippen LogP contribution in [0.25, 0.3) is 128 Å². The fourth-order valence-corrected chi connectivity index (χ4v) is 12.1. The van der Waals surface area contributed by atoms with Crippen LogP contribution >= 0.6 is 0 Å². The minimum absolute atomic E-state index is 0.0292. The van der Waals surface area contributed by atoms with Crippen LogP contribution in [0.2, 0.25) is 0 Å². The smallest absolute Gasteiger partial charge is 0.269 e. The molecule has 5 heteroatoms. The number of hydrogen-bond donors (Lipinski definition) is 0. The summed E-state index contributed by atoms with van der Waals surface area (Å²) in [7, 11) is 0. The van der Waals surface area contributed by atoms with Gasteiger partial charge in [0.05, 0.1) is 51.3 Å². The lowest BCUT2D eigenvalue weighted by molar-refractivity contribution is -0.570. The van der Waals surface area contributed by atoms with Crippen molar-refractivity contribution in [3.8, 4) is 107 Å². The lowest BCUT2D eigenvalue weighted by Crippen LogP contribution is -2.32. The molecule has 0 aliphatic carbocycles. The van der Waals surface area contributed by atoms with Crippen molar-refractivity contribution < 1.29 is 35.3 Å². The molecule has 0 atom stereocenters. The Morgan fingerprint density at radius 3 is 1.69 bits per heavy atom. The molecule has 4 heterocycles. The van der Waals surface area contributed by atoms with E-state index in [1.165, 1.54) is 18.2 Å². The fourth-order valence-electron chi connectivity index (χ4n) is 12.1. The number of hydrogen-bond acceptors (Lipinski definition) is 2. The molecule has 0 fully saturated rings. The monoisotopic (exact) mass is 1140 g/mol. The summed E-state index contributed by atoms with van der Waals surface area (Å²) in [6.45, 7) is 6.71. The summed E-state index contributed by atoms with van der Waals surface area (Å²) in [5.41, 5.74) is 4.44. The van der Waals surface area contributed by atoms with Gasteiger partial charge in [-0.25, -0.2) is 4.98 Å². The molecule has 0 amide bonds. The van der Waals surface area contributed by atoms with Gasteiger partial charge in [0.25, 0.3) is 6.33 Å². The standard InChI is InChI=1S/C82H66N4O/c1-52-23-21-24-53(2)78(52)73-47-61(82(6,7)8)46-72-68-34-18-16-32-66(68)65-31-15-17-33-67(65)71-44-59(58-42-56(54-25-11-9-12-26-54)41-57(43-58)55-27-13-10-14-28-55)45-76-80(71)85(79(72)73)51-84(76)62-29-22-30-63(49-62)87-64-37-38-70-69-35-19-20-36-74(69)86(75(70)50-64)77-48-60(39-40-83-77)81(3,4)5/h9-50H,1-8H3/i1D3,2D3,9D,10D,11D,12D,13D,14D,25D,26D,27D,28D,41D,42D,43D. The van der Waals surface area contributed by atoms with Crippen LogP contribution in [0.1, 0.15) is 89.8 Å². The fraction of sp³-hybridized carbons (Fsp3) is 0.122. The van der Waals surface area contributed by atoms with Crippen LogP contribution in [0.5, 0.6) is 11.5 Å². The van der Waals surface area contributed by atoms with E-state index in [0.717, 1.165) is 32.9 Å². The maximum Gasteiger partial charge on any atom is 0.269 e. The number of aryl methyl sites for hydroxylation is 2. The van der Waals surface area contributed by atoms with E-state index in [1.54, 1.807) is 45.5 Å². The number of aromatic nitrogens is 4. The molecular weight excluding hydrogens is 1060 g/mol. The van der Waals surface area contributed by atoms with Crippen LogP contribution in [-0.4, -0.2) is 14.1 Å². The number of rotatable bonds is 8. The Balaban J connectivity index is 1.10. The molecule has 15 rings (SSSR count). The molecule has 0 radical (unpaired) electrons. The minimum Gasteiger partial charge on any atom is -0.458 e. The first-order valence-corrected chi connectivity index (χ1v) is 28.7. The Kier molecular flexibility index (Phi) is 8.68. The Labute approximate surface area is 536 Å². The zero-order chi connectivity index (χ0) is 75.6. The first kappa shape index (κ1) is 36.5. The minimum atomic E-state index is -2.88. The summed E-state index contributed by atoms with van der Waals surface area (Å²) in [6, 6.07) is 41.6. The summed E-state index contributed by atoms with van der Waals surface area (Å²) in [6.07, 6.45) is 5.53. The summed E-state index contributed by atoms with van der Waals surface area (Å²) >= 11 is 0. The predicted molar refractivity (Wildman–Crippen MR) is 361 cm³/mol. The van der Waals surface area contributed by atoms with E-state index < -0.39 is 120 Å². The van der Waals surface area contributed by atoms with Crippen LogP contribution in [0.15, 0.2) is 255 Å². The van der Waals surface area contributed by atoms with Gasteiger partial charge in [-0.15, -0.1) is 0 Å². The first-order chi connectivity index (χ1) is 50.1. The third-order valence-electron chi connectivity index (χ3n) is 16.3. The molecule has 0 bridgehead atoms. The molecule has 0 unspecified atom stereocenters. The van der Waals surface area contributed by atoms with Gasteiger partial charge in [0.2, 0.25) is 0 Å². The quantitative estimate of drug-likeness (QED) is 0.112. The van der Waals surface area contributed by atoms with Crippen molar-refractivity contribution in [1.82, 2.24) is 14.1 Å². The molecule has 0 spiro atoms. The normalized spacial score (nSPS) is 15.5. The lowest BCUT2D eigenvalue weighted by Gasteiger charge is -2.27. The number of imidazole rings is 1. The largest absolute Gasteiger partial charge is 0.458 e. The molecule has 5 nitrogen and oxygen atoms in total. The van der Waals surface area contributed by atoms with Gasteiger partial charge in [0, 0.05) is 31.3 Å². The Morgan fingerprint density at radius 1 is 0.460 bits per heavy atom. The van der Waals surface area contributed by atoms with Gasteiger partial charge in [-0.2, -0.15) is 0 Å². The van der Waals surface area contributed by atoms with E-state index in [1.807, 2.05) is 130 Å². The van der Waals surface area contributed by atoms with Gasteiger partial charge in [0.1, 0.15) is 17.3 Å². The van der Waals surface area contributed by atoms with Crippen molar-refractivity contribution in [2.24, 2.45) is 0 Å². The van der Waals surface area contributed by atoms with E-state index >= 15 is 0 Å². The van der Waals surface area contributed by atoms with Gasteiger partial charge in [0.15, 0.2) is 0 Å². The van der Waals surface area contributed by atoms with Crippen molar-refractivity contribution in [3.05, 3.63) is 283 Å². The van der Waals surface area contributed by atoms with Gasteiger partial charge in [-0.3, -0.25) is 13.7 Å². The molecular formula is C82H66N4O. The molecule has 87 heavy (non-hydrogen) atoms. The zero-order valence-electron chi connectivity index (χ0n) is 67.4. The Morgan fingerprint density at radius 2 is 1.03 bits per heavy atom. The molecule has 3 aromatic heterocycles. The van der Waals surface area contributed by atoms with Crippen LogP contribution in [0.3, 0.4) is 0 Å². The van der Waals surface area contributed by atoms with E-state index in [4.69, 9.17) is 26.2 Å². The first-order valence-electron chi connectivity index (χ1n) is 38.2. The van der Waals surface area contributed by atoms with Crippen molar-refractivity contribution in [2.45, 2.75) is 66.1 Å². The summed E-state index contributed by atoms with van der Waals surface area (Å²) in [4.78, 5) is 4.89. The second-order valence-electron chi connectivity index (χ2n) is 23.9. The number of nitrogens with zero attached hydrogens (tertiary/aromatic N) is 4. The molecule has 0 saturated carbocycles. The van der Waals surface area contributed by atoms with Gasteiger partial charge in [-0.05, 0) is 197 Å². The molecule has 0 N–H and O–H groups in total. The second-order valence-corrected chi connectivity index (χ2v) is 23.9. The average Bonchev–Trinajstić information content (AvgIpc) is 1.46. The van der Waals surface area contributed by atoms with Crippen LogP contribution in [0.4, 0.5) is 0 Å². The topological polar surface area (TPSA) is 35.9 Å². The van der Waals surface area contributed by atoms with E-state index in [-0.39, 0.29) is 44.3 Å². The number of pyridine rings is 1. The molecule has 1 aliphatic heterocycles. The van der Waals surface area contributed by atoms with Gasteiger partial charge < -0.3 is 4.74 Å². The molecule has 420 valence electrons. The average molecular weight is 1140 g/mol. The highest BCUT2D eigenvalue weighted by Crippen LogP contribution is 2.49. The van der Waals surface area contributed by atoms with Crippen molar-refractivity contribution in [1.29, 1.82) is 0 Å². The number of benzene rings is 11. The Bertz CT molecular complexity index is 5930. The number of ether oxygens (including phenoxy) is 1. The highest BCUT2D eigenvalue weighted by Gasteiger charge is 2.31. The third kappa shape index (κ3) is 9.33. The van der Waals surface area contributed by atoms with E-state index in [9.17, 15) is 9.60 Å². The second kappa shape index (κ2) is 20.7. The highest BCUT2D eigenvalue weighted by atomic mass is 16.5. The third-order valence-corrected chi connectivity index (χ3v) is 16.3. The SMILES string of the molecule is [2H]c1c([2H])c([2H])c(-c2c([2H])c(-c3cc4c5c(c3)n(-c3cccc(Oc6ccc7c8ccccc8n(-c8cc(C(C)(C)C)ccn8)c7c6)c3)[c-][n+]5-c3c(cc(C(C)(C)C)cc3-c3c(C([2H])([2H])[2H])cccc3C([2H])([2H])[2H])-c3ccccc3-c3ccccc3-4)c([2H])c(-c3c([2H])c([2H])c([2H])c([2H])c3[2H])c2[2H])c([2H])c1[2H]. The maximum atomic E-state index is 10.4. The zero-order valence-corrected chi connectivity index (χ0v) is 48.4.